The van der Waals surface area contributed by atoms with Crippen molar-refractivity contribution in [3.05, 3.63) is 53.6 Å². The predicted octanol–water partition coefficient (Wildman–Crippen LogP) is 2.22. The molecule has 7 nitrogen and oxygen atoms in total. The standard InChI is InChI=1S/C19H21N3O4/c1-23-15-9-13(10-16(24-2)18(15)25-3)17(22-20)14-11-26-19(21-14)12-7-5-4-6-8-12/h4-10,14H,11,20H2,1-3H3. The molecule has 0 spiro atoms. The molecule has 7 heteroatoms. The van der Waals surface area contributed by atoms with E-state index in [0.29, 0.717) is 35.5 Å². The molecule has 0 radical (unpaired) electrons. The summed E-state index contributed by atoms with van der Waals surface area (Å²) < 4.78 is 21.9. The fraction of sp³-hybridized carbons (Fsp3) is 0.263. The minimum atomic E-state index is -0.321. The molecule has 0 fully saturated rings. The Balaban J connectivity index is 1.96. The number of ether oxygens (including phenoxy) is 4. The van der Waals surface area contributed by atoms with Crippen molar-refractivity contribution in [1.82, 2.24) is 0 Å². The Labute approximate surface area is 152 Å². The number of rotatable bonds is 6. The summed E-state index contributed by atoms with van der Waals surface area (Å²) in [5.41, 5.74) is 2.22. The minimum Gasteiger partial charge on any atom is -0.493 e. The molecule has 0 aliphatic carbocycles. The first-order chi connectivity index (χ1) is 12.7. The lowest BCUT2D eigenvalue weighted by molar-refractivity contribution is 0.324. The van der Waals surface area contributed by atoms with Crippen molar-refractivity contribution >= 4 is 11.6 Å². The molecule has 0 saturated carbocycles. The van der Waals surface area contributed by atoms with Gasteiger partial charge in [0.2, 0.25) is 11.6 Å². The summed E-state index contributed by atoms with van der Waals surface area (Å²) >= 11 is 0. The minimum absolute atomic E-state index is 0.321. The van der Waals surface area contributed by atoms with Crippen LogP contribution >= 0.6 is 0 Å². The van der Waals surface area contributed by atoms with Gasteiger partial charge in [0.25, 0.3) is 0 Å². The zero-order valence-corrected chi connectivity index (χ0v) is 14.9. The third-order valence-corrected chi connectivity index (χ3v) is 4.09. The van der Waals surface area contributed by atoms with Crippen molar-refractivity contribution in [2.24, 2.45) is 15.9 Å². The van der Waals surface area contributed by atoms with Crippen LogP contribution in [-0.4, -0.2) is 45.6 Å². The van der Waals surface area contributed by atoms with Crippen LogP contribution in [0.1, 0.15) is 11.1 Å². The maximum atomic E-state index is 5.74. The summed E-state index contributed by atoms with van der Waals surface area (Å²) in [6.07, 6.45) is 0. The van der Waals surface area contributed by atoms with Crippen molar-refractivity contribution in [2.45, 2.75) is 6.04 Å². The van der Waals surface area contributed by atoms with E-state index in [0.717, 1.165) is 11.1 Å². The van der Waals surface area contributed by atoms with E-state index in [1.54, 1.807) is 33.5 Å². The SMILES string of the molecule is COc1cc(C(=NN)C2COC(c3ccccc3)=N2)cc(OC)c1OC. The summed E-state index contributed by atoms with van der Waals surface area (Å²) in [5.74, 6) is 7.80. The fourth-order valence-electron chi connectivity index (χ4n) is 2.83. The van der Waals surface area contributed by atoms with Gasteiger partial charge in [0.15, 0.2) is 11.5 Å². The predicted molar refractivity (Wildman–Crippen MR) is 99.5 cm³/mol. The molecule has 1 unspecified atom stereocenters. The normalized spacial score (nSPS) is 16.7. The molecule has 0 bridgehead atoms. The maximum Gasteiger partial charge on any atom is 0.216 e. The van der Waals surface area contributed by atoms with Crippen LogP contribution in [0.5, 0.6) is 17.2 Å². The molecule has 136 valence electrons. The molecule has 1 aliphatic heterocycles. The van der Waals surface area contributed by atoms with Gasteiger partial charge in [-0.1, -0.05) is 18.2 Å². The van der Waals surface area contributed by atoms with E-state index in [1.807, 2.05) is 30.3 Å². The van der Waals surface area contributed by atoms with Crippen LogP contribution in [0.4, 0.5) is 0 Å². The van der Waals surface area contributed by atoms with Crippen LogP contribution in [0.15, 0.2) is 52.6 Å². The first-order valence-electron chi connectivity index (χ1n) is 8.06. The quantitative estimate of drug-likeness (QED) is 0.488. The third-order valence-electron chi connectivity index (χ3n) is 4.09. The molecule has 2 aromatic rings. The Morgan fingerprint density at radius 1 is 1.08 bits per heavy atom. The number of hydrazone groups is 1. The van der Waals surface area contributed by atoms with E-state index in [9.17, 15) is 0 Å². The van der Waals surface area contributed by atoms with Crippen molar-refractivity contribution in [3.63, 3.8) is 0 Å². The number of nitrogens with zero attached hydrogens (tertiary/aromatic N) is 2. The number of methoxy groups -OCH3 is 3. The highest BCUT2D eigenvalue weighted by molar-refractivity contribution is 6.08. The average Bonchev–Trinajstić information content (AvgIpc) is 3.18. The summed E-state index contributed by atoms with van der Waals surface area (Å²) in [5, 5.41) is 3.95. The lowest BCUT2D eigenvalue weighted by Crippen LogP contribution is -2.23. The summed E-state index contributed by atoms with van der Waals surface area (Å²) in [4.78, 5) is 4.63. The van der Waals surface area contributed by atoms with Crippen LogP contribution in [0, 0.1) is 0 Å². The Kier molecular flexibility index (Phi) is 5.26. The van der Waals surface area contributed by atoms with Crippen LogP contribution in [-0.2, 0) is 4.74 Å². The van der Waals surface area contributed by atoms with Crippen LogP contribution in [0.2, 0.25) is 0 Å². The Hall–Kier alpha value is -3.22. The zero-order chi connectivity index (χ0) is 18.5. The molecule has 1 heterocycles. The number of nitrogens with two attached hydrogens (primary N) is 1. The number of aliphatic imine (C=N–C) groups is 1. The summed E-state index contributed by atoms with van der Waals surface area (Å²) in [6, 6.07) is 13.0. The van der Waals surface area contributed by atoms with Gasteiger partial charge in [-0.15, -0.1) is 0 Å². The molecule has 0 saturated heterocycles. The summed E-state index contributed by atoms with van der Waals surface area (Å²) in [6.45, 7) is 0.358. The second kappa shape index (κ2) is 7.77. The molecular weight excluding hydrogens is 334 g/mol. The van der Waals surface area contributed by atoms with Gasteiger partial charge in [0.05, 0.1) is 27.0 Å². The highest BCUT2D eigenvalue weighted by Crippen LogP contribution is 2.38. The van der Waals surface area contributed by atoms with E-state index in [4.69, 9.17) is 24.8 Å². The first kappa shape index (κ1) is 17.6. The number of benzene rings is 2. The van der Waals surface area contributed by atoms with Crippen LogP contribution in [0.3, 0.4) is 0 Å². The number of hydrogen-bond acceptors (Lipinski definition) is 7. The summed E-state index contributed by atoms with van der Waals surface area (Å²) in [7, 11) is 4.68. The van der Waals surface area contributed by atoms with Crippen LogP contribution < -0.4 is 20.1 Å². The Bertz CT molecular complexity index is 809. The van der Waals surface area contributed by atoms with Gasteiger partial charge in [-0.25, -0.2) is 4.99 Å². The maximum absolute atomic E-state index is 5.74. The topological polar surface area (TPSA) is 87.7 Å². The van der Waals surface area contributed by atoms with Crippen molar-refractivity contribution in [1.29, 1.82) is 0 Å². The zero-order valence-electron chi connectivity index (χ0n) is 14.9. The smallest absolute Gasteiger partial charge is 0.216 e. The Morgan fingerprint density at radius 2 is 1.73 bits per heavy atom. The van der Waals surface area contributed by atoms with E-state index >= 15 is 0 Å². The van der Waals surface area contributed by atoms with E-state index < -0.39 is 0 Å². The number of hydrogen-bond donors (Lipinski definition) is 1. The van der Waals surface area contributed by atoms with E-state index in [1.165, 1.54) is 0 Å². The second-order valence-corrected chi connectivity index (χ2v) is 5.56. The molecule has 2 N–H and O–H groups in total. The first-order valence-corrected chi connectivity index (χ1v) is 8.06. The van der Waals surface area contributed by atoms with Gasteiger partial charge < -0.3 is 24.8 Å². The van der Waals surface area contributed by atoms with Crippen LogP contribution in [0.25, 0.3) is 0 Å². The van der Waals surface area contributed by atoms with Gasteiger partial charge in [0, 0.05) is 11.1 Å². The Morgan fingerprint density at radius 3 is 2.27 bits per heavy atom. The van der Waals surface area contributed by atoms with Gasteiger partial charge in [-0.05, 0) is 24.3 Å². The molecule has 1 atom stereocenters. The highest BCUT2D eigenvalue weighted by atomic mass is 16.5. The molecule has 2 aromatic carbocycles. The molecule has 3 rings (SSSR count). The lowest BCUT2D eigenvalue weighted by Gasteiger charge is -2.16. The van der Waals surface area contributed by atoms with E-state index in [2.05, 4.69) is 10.1 Å². The highest BCUT2D eigenvalue weighted by Gasteiger charge is 2.27. The van der Waals surface area contributed by atoms with Gasteiger partial charge >= 0.3 is 0 Å². The lowest BCUT2D eigenvalue weighted by atomic mass is 10.0. The van der Waals surface area contributed by atoms with Gasteiger partial charge in [-0.3, -0.25) is 0 Å². The van der Waals surface area contributed by atoms with Gasteiger partial charge in [-0.2, -0.15) is 5.10 Å². The third kappa shape index (κ3) is 3.28. The molecule has 0 amide bonds. The van der Waals surface area contributed by atoms with E-state index in [-0.39, 0.29) is 6.04 Å². The molecular formula is C19H21N3O4. The monoisotopic (exact) mass is 355 g/mol. The second-order valence-electron chi connectivity index (χ2n) is 5.56. The molecule has 0 aromatic heterocycles. The molecule has 26 heavy (non-hydrogen) atoms. The van der Waals surface area contributed by atoms with Gasteiger partial charge in [0.1, 0.15) is 12.6 Å². The average molecular weight is 355 g/mol. The van der Waals surface area contributed by atoms with Crippen molar-refractivity contribution < 1.29 is 18.9 Å². The molecule has 1 aliphatic rings. The van der Waals surface area contributed by atoms with Crippen molar-refractivity contribution in [2.75, 3.05) is 27.9 Å². The largest absolute Gasteiger partial charge is 0.493 e. The fourth-order valence-corrected chi connectivity index (χ4v) is 2.83. The van der Waals surface area contributed by atoms with Crippen molar-refractivity contribution in [3.8, 4) is 17.2 Å².